The number of amides is 1. The molecule has 0 spiro atoms. The molecule has 270 valence electrons. The normalized spacial score (nSPS) is 15.1. The second kappa shape index (κ2) is 33.2. The van der Waals surface area contributed by atoms with Gasteiger partial charge >= 0.3 is 0 Å². The maximum Gasteiger partial charge on any atom is 0.249 e. The number of rotatable bonds is 35. The van der Waals surface area contributed by atoms with Crippen LogP contribution in [0.1, 0.15) is 207 Å². The van der Waals surface area contributed by atoms with E-state index in [1.165, 1.54) is 135 Å². The minimum atomic E-state index is -1.25. The molecular weight excluding hydrogens is 562 g/mol. The number of hydrogen-bond acceptors (Lipinski definition) is 5. The molecule has 6 nitrogen and oxygen atoms in total. The second-order valence-corrected chi connectivity index (χ2v) is 14.2. The topological polar surface area (TPSA) is 110 Å². The summed E-state index contributed by atoms with van der Waals surface area (Å²) < 4.78 is 0. The van der Waals surface area contributed by atoms with Gasteiger partial charge in [0.25, 0.3) is 0 Å². The third kappa shape index (κ3) is 28.1. The summed E-state index contributed by atoms with van der Waals surface area (Å²) >= 11 is 0. The van der Waals surface area contributed by atoms with E-state index in [4.69, 9.17) is 0 Å². The van der Waals surface area contributed by atoms with E-state index in [0.717, 1.165) is 44.4 Å². The van der Waals surface area contributed by atoms with Gasteiger partial charge in [-0.3, -0.25) is 4.79 Å². The molecule has 0 aliphatic heterocycles. The number of aliphatic hydroxyl groups is 4. The molecule has 0 aromatic heterocycles. The van der Waals surface area contributed by atoms with Gasteiger partial charge in [0.15, 0.2) is 0 Å². The fourth-order valence-electron chi connectivity index (χ4n) is 6.26. The molecule has 0 bridgehead atoms. The molecule has 0 fully saturated rings. The molecule has 1 amide bonds. The fourth-order valence-corrected chi connectivity index (χ4v) is 6.26. The van der Waals surface area contributed by atoms with Crippen LogP contribution in [0.5, 0.6) is 0 Å². The van der Waals surface area contributed by atoms with Crippen molar-refractivity contribution in [3.05, 3.63) is 0 Å². The molecule has 0 aromatic carbocycles. The average Bonchev–Trinajstić information content (AvgIpc) is 3.04. The van der Waals surface area contributed by atoms with E-state index in [1.807, 2.05) is 0 Å². The summed E-state index contributed by atoms with van der Waals surface area (Å²) in [4.78, 5) is 12.4. The third-order valence-electron chi connectivity index (χ3n) is 9.86. The predicted octanol–water partition coefficient (Wildman–Crippen LogP) is 9.54. The highest BCUT2D eigenvalue weighted by Crippen LogP contribution is 2.17. The quantitative estimate of drug-likeness (QED) is 0.0443. The summed E-state index contributed by atoms with van der Waals surface area (Å²) in [6.45, 7) is 6.36. The Morgan fingerprint density at radius 3 is 1.27 bits per heavy atom. The van der Waals surface area contributed by atoms with Crippen molar-refractivity contribution in [3.8, 4) is 0 Å². The Balaban J connectivity index is 3.74. The van der Waals surface area contributed by atoms with Gasteiger partial charge in [0.2, 0.25) is 5.91 Å². The zero-order valence-corrected chi connectivity index (χ0v) is 30.3. The summed E-state index contributed by atoms with van der Waals surface area (Å²) in [6, 6.07) is -0.979. The maximum atomic E-state index is 12.4. The van der Waals surface area contributed by atoms with Crippen LogP contribution >= 0.6 is 0 Å². The van der Waals surface area contributed by atoms with E-state index in [1.54, 1.807) is 0 Å². The Morgan fingerprint density at radius 2 is 0.889 bits per heavy atom. The largest absolute Gasteiger partial charge is 0.394 e. The zero-order valence-electron chi connectivity index (χ0n) is 30.3. The van der Waals surface area contributed by atoms with Crippen LogP contribution in [0.15, 0.2) is 0 Å². The van der Waals surface area contributed by atoms with Crippen molar-refractivity contribution in [2.75, 3.05) is 6.61 Å². The molecule has 0 aromatic rings. The molecule has 0 radical (unpaired) electrons. The number of carbonyl (C=O) groups is 1. The van der Waals surface area contributed by atoms with Gasteiger partial charge in [-0.2, -0.15) is 0 Å². The molecular formula is C39H79NO5. The van der Waals surface area contributed by atoms with E-state index >= 15 is 0 Å². The maximum absolute atomic E-state index is 12.4. The average molecular weight is 642 g/mol. The van der Waals surface area contributed by atoms with Crippen LogP contribution in [-0.4, -0.2) is 57.3 Å². The van der Waals surface area contributed by atoms with E-state index in [0.29, 0.717) is 12.8 Å². The summed E-state index contributed by atoms with van der Waals surface area (Å²) in [7, 11) is 0. The molecule has 2 unspecified atom stereocenters. The molecule has 0 aliphatic carbocycles. The minimum Gasteiger partial charge on any atom is -0.394 e. The number of aliphatic hydroxyl groups excluding tert-OH is 4. The van der Waals surface area contributed by atoms with Crippen LogP contribution < -0.4 is 5.32 Å². The minimum absolute atomic E-state index is 0.374. The van der Waals surface area contributed by atoms with E-state index < -0.39 is 36.9 Å². The van der Waals surface area contributed by atoms with E-state index in [9.17, 15) is 25.2 Å². The molecule has 5 N–H and O–H groups in total. The van der Waals surface area contributed by atoms with Crippen LogP contribution in [0.2, 0.25) is 0 Å². The first-order chi connectivity index (χ1) is 21.9. The lowest BCUT2D eigenvalue weighted by Gasteiger charge is -2.27. The predicted molar refractivity (Wildman–Crippen MR) is 191 cm³/mol. The Hall–Kier alpha value is -0.690. The summed E-state index contributed by atoms with van der Waals surface area (Å²) in [5, 5.41) is 43.5. The van der Waals surface area contributed by atoms with Crippen LogP contribution in [0.3, 0.4) is 0 Å². The van der Waals surface area contributed by atoms with Crippen molar-refractivity contribution in [3.63, 3.8) is 0 Å². The number of carbonyl (C=O) groups excluding carboxylic acids is 1. The standard InChI is InChI=1S/C39H79NO5/c1-4-6-7-8-9-10-11-12-13-14-15-16-17-18-19-22-26-29-32-37(43)39(45)40-35(33-41)38(44)36(42)31-28-25-23-20-21-24-27-30-34(3)5-2/h34-38,41-44H,4-33H2,1-3H3,(H,40,45)/t34?,35?,36-,37-,38+/m1/s1. The van der Waals surface area contributed by atoms with Gasteiger partial charge in [-0.05, 0) is 18.8 Å². The monoisotopic (exact) mass is 642 g/mol. The Labute approximate surface area is 279 Å². The van der Waals surface area contributed by atoms with Gasteiger partial charge < -0.3 is 25.7 Å². The molecule has 0 saturated carbocycles. The second-order valence-electron chi connectivity index (χ2n) is 14.2. The summed E-state index contributed by atoms with van der Waals surface area (Å²) in [6.07, 6.45) is 31.3. The lowest BCUT2D eigenvalue weighted by Crippen LogP contribution is -2.53. The summed E-state index contributed by atoms with van der Waals surface area (Å²) in [5.41, 5.74) is 0. The van der Waals surface area contributed by atoms with Crippen LogP contribution in [-0.2, 0) is 4.79 Å². The van der Waals surface area contributed by atoms with Crippen LogP contribution in [0, 0.1) is 5.92 Å². The number of hydrogen-bond donors (Lipinski definition) is 5. The van der Waals surface area contributed by atoms with Gasteiger partial charge in [-0.1, -0.05) is 194 Å². The number of nitrogens with one attached hydrogen (secondary N) is 1. The highest BCUT2D eigenvalue weighted by Gasteiger charge is 2.28. The van der Waals surface area contributed by atoms with Gasteiger partial charge in [-0.25, -0.2) is 0 Å². The molecule has 45 heavy (non-hydrogen) atoms. The van der Waals surface area contributed by atoms with Crippen molar-refractivity contribution in [1.29, 1.82) is 0 Å². The smallest absolute Gasteiger partial charge is 0.249 e. The van der Waals surface area contributed by atoms with Gasteiger partial charge in [0.05, 0.1) is 18.8 Å². The molecule has 6 heteroatoms. The highest BCUT2D eigenvalue weighted by atomic mass is 16.3. The third-order valence-corrected chi connectivity index (χ3v) is 9.86. The molecule has 0 saturated heterocycles. The Bertz CT molecular complexity index is 618. The summed E-state index contributed by atoms with van der Waals surface area (Å²) in [5.74, 6) is 0.243. The Kier molecular flexibility index (Phi) is 32.7. The first-order valence-electron chi connectivity index (χ1n) is 19.8. The van der Waals surface area contributed by atoms with Crippen molar-refractivity contribution in [2.24, 2.45) is 5.92 Å². The van der Waals surface area contributed by atoms with Crippen molar-refractivity contribution >= 4 is 5.91 Å². The first-order valence-corrected chi connectivity index (χ1v) is 19.8. The molecule has 0 rings (SSSR count). The number of unbranched alkanes of at least 4 members (excludes halogenated alkanes) is 23. The zero-order chi connectivity index (χ0) is 33.4. The Morgan fingerprint density at radius 1 is 0.533 bits per heavy atom. The van der Waals surface area contributed by atoms with Gasteiger partial charge in [0.1, 0.15) is 12.2 Å². The fraction of sp³-hybridized carbons (Fsp3) is 0.974. The van der Waals surface area contributed by atoms with Gasteiger partial charge in [-0.15, -0.1) is 0 Å². The van der Waals surface area contributed by atoms with Crippen LogP contribution in [0.4, 0.5) is 0 Å². The van der Waals surface area contributed by atoms with Crippen molar-refractivity contribution in [2.45, 2.75) is 231 Å². The van der Waals surface area contributed by atoms with Crippen LogP contribution in [0.25, 0.3) is 0 Å². The molecule has 0 heterocycles. The van der Waals surface area contributed by atoms with E-state index in [-0.39, 0.29) is 0 Å². The SMILES string of the molecule is CCCCCCCCCCCCCCCCCCCC[C@@H](O)C(=O)NC(CO)[C@H](O)[C@H](O)CCCCCCCCCC(C)CC. The lowest BCUT2D eigenvalue weighted by molar-refractivity contribution is -0.132. The van der Waals surface area contributed by atoms with Gasteiger partial charge in [0, 0.05) is 0 Å². The lowest BCUT2D eigenvalue weighted by atomic mass is 9.98. The molecule has 0 aliphatic rings. The first kappa shape index (κ1) is 44.3. The highest BCUT2D eigenvalue weighted by molar-refractivity contribution is 5.80. The van der Waals surface area contributed by atoms with Crippen molar-refractivity contribution in [1.82, 2.24) is 5.32 Å². The van der Waals surface area contributed by atoms with E-state index in [2.05, 4.69) is 26.1 Å². The van der Waals surface area contributed by atoms with Crippen molar-refractivity contribution < 1.29 is 25.2 Å². The molecule has 5 atom stereocenters.